The van der Waals surface area contributed by atoms with Crippen molar-refractivity contribution in [2.45, 2.75) is 12.8 Å². The summed E-state index contributed by atoms with van der Waals surface area (Å²) < 4.78 is 42.3. The van der Waals surface area contributed by atoms with Gasteiger partial charge in [-0.15, -0.1) is 11.3 Å². The second kappa shape index (κ2) is 5.11. The first-order chi connectivity index (χ1) is 8.47. The summed E-state index contributed by atoms with van der Waals surface area (Å²) in [6.45, 7) is 0.169. The molecule has 8 heteroatoms. The Kier molecular flexibility index (Phi) is 3.72. The highest BCUT2D eigenvalue weighted by atomic mass is 35.5. The second-order valence-electron chi connectivity index (χ2n) is 3.27. The molecule has 0 fully saturated rings. The van der Waals surface area contributed by atoms with Crippen LogP contribution >= 0.6 is 22.9 Å². The summed E-state index contributed by atoms with van der Waals surface area (Å²) in [4.78, 5) is 8.22. The second-order valence-corrected chi connectivity index (χ2v) is 4.64. The van der Waals surface area contributed by atoms with Crippen LogP contribution in [0.4, 0.5) is 13.2 Å². The predicted molar refractivity (Wildman–Crippen MR) is 60.7 cm³/mol. The number of pyridine rings is 1. The molecule has 0 saturated carbocycles. The molecule has 0 aliphatic carbocycles. The van der Waals surface area contributed by atoms with Crippen molar-refractivity contribution in [3.05, 3.63) is 39.4 Å². The first kappa shape index (κ1) is 13.1. The molecule has 0 spiro atoms. The minimum Gasteiger partial charge on any atom is -0.471 e. The van der Waals surface area contributed by atoms with Gasteiger partial charge in [-0.25, -0.2) is 4.98 Å². The molecular weight excluding hydrogens is 289 g/mol. The average molecular weight is 295 g/mol. The van der Waals surface area contributed by atoms with Crippen LogP contribution in [0.25, 0.3) is 0 Å². The normalized spacial score (nSPS) is 11.6. The van der Waals surface area contributed by atoms with E-state index in [4.69, 9.17) is 16.3 Å². The lowest BCUT2D eigenvalue weighted by Crippen LogP contribution is -2.06. The van der Waals surface area contributed by atoms with Crippen molar-refractivity contribution >= 4 is 22.9 Å². The van der Waals surface area contributed by atoms with E-state index < -0.39 is 11.7 Å². The van der Waals surface area contributed by atoms with E-state index in [2.05, 4.69) is 9.97 Å². The first-order valence-electron chi connectivity index (χ1n) is 4.70. The maximum absolute atomic E-state index is 12.4. The molecule has 2 rings (SSSR count). The van der Waals surface area contributed by atoms with Crippen molar-refractivity contribution < 1.29 is 17.9 Å². The molecular formula is C10H6ClF3N2OS. The van der Waals surface area contributed by atoms with E-state index in [9.17, 15) is 13.2 Å². The van der Waals surface area contributed by atoms with Gasteiger partial charge in [-0.3, -0.25) is 4.98 Å². The SMILES string of the molecule is FC(F)(F)c1cnc(OCc2cncs2)c(Cl)c1. The van der Waals surface area contributed by atoms with Crippen LogP contribution in [0.3, 0.4) is 0 Å². The Bertz CT molecular complexity index is 530. The zero-order valence-corrected chi connectivity index (χ0v) is 10.3. The van der Waals surface area contributed by atoms with Crippen molar-refractivity contribution in [3.8, 4) is 5.88 Å². The Morgan fingerprint density at radius 1 is 1.33 bits per heavy atom. The zero-order valence-electron chi connectivity index (χ0n) is 8.74. The van der Waals surface area contributed by atoms with Crippen molar-refractivity contribution in [2.24, 2.45) is 0 Å². The Hall–Kier alpha value is -1.34. The number of rotatable bonds is 3. The first-order valence-corrected chi connectivity index (χ1v) is 5.95. The molecule has 0 atom stereocenters. The largest absolute Gasteiger partial charge is 0.471 e. The number of ether oxygens (including phenoxy) is 1. The lowest BCUT2D eigenvalue weighted by molar-refractivity contribution is -0.137. The summed E-state index contributed by atoms with van der Waals surface area (Å²) in [5.74, 6) is -0.0296. The van der Waals surface area contributed by atoms with Crippen LogP contribution in [-0.4, -0.2) is 9.97 Å². The summed E-state index contributed by atoms with van der Waals surface area (Å²) in [5, 5.41) is -0.172. The standard InChI is InChI=1S/C10H6ClF3N2OS/c11-8-1-6(10(12,13)14)2-16-9(8)17-4-7-3-15-5-18-7/h1-3,5H,4H2. The van der Waals surface area contributed by atoms with Gasteiger partial charge in [-0.05, 0) is 6.07 Å². The van der Waals surface area contributed by atoms with Gasteiger partial charge in [-0.2, -0.15) is 13.2 Å². The Morgan fingerprint density at radius 2 is 2.11 bits per heavy atom. The molecule has 3 nitrogen and oxygen atoms in total. The van der Waals surface area contributed by atoms with E-state index >= 15 is 0 Å². The fraction of sp³-hybridized carbons (Fsp3) is 0.200. The number of halogens is 4. The Morgan fingerprint density at radius 3 is 2.67 bits per heavy atom. The molecule has 0 aliphatic rings. The van der Waals surface area contributed by atoms with Crippen LogP contribution in [-0.2, 0) is 12.8 Å². The molecule has 0 bridgehead atoms. The van der Waals surface area contributed by atoms with Gasteiger partial charge >= 0.3 is 6.18 Å². The molecule has 96 valence electrons. The van der Waals surface area contributed by atoms with E-state index in [-0.39, 0.29) is 17.5 Å². The van der Waals surface area contributed by atoms with Gasteiger partial charge in [-0.1, -0.05) is 11.6 Å². The smallest absolute Gasteiger partial charge is 0.417 e. The topological polar surface area (TPSA) is 35.0 Å². The fourth-order valence-electron chi connectivity index (χ4n) is 1.14. The zero-order chi connectivity index (χ0) is 13.2. The summed E-state index contributed by atoms with van der Waals surface area (Å²) >= 11 is 7.04. The molecule has 0 N–H and O–H groups in total. The third-order valence-electron chi connectivity index (χ3n) is 1.97. The maximum Gasteiger partial charge on any atom is 0.417 e. The molecule has 0 amide bonds. The minimum absolute atomic E-state index is 0.0296. The average Bonchev–Trinajstić information content (AvgIpc) is 2.79. The van der Waals surface area contributed by atoms with E-state index in [0.717, 1.165) is 10.9 Å². The number of nitrogens with zero attached hydrogens (tertiary/aromatic N) is 2. The van der Waals surface area contributed by atoms with Crippen LogP contribution in [0.1, 0.15) is 10.4 Å². The van der Waals surface area contributed by atoms with Crippen LogP contribution in [0.2, 0.25) is 5.02 Å². The van der Waals surface area contributed by atoms with E-state index in [1.165, 1.54) is 11.3 Å². The summed E-state index contributed by atoms with van der Waals surface area (Å²) in [6, 6.07) is 0.788. The lowest BCUT2D eigenvalue weighted by atomic mass is 10.3. The fourth-order valence-corrected chi connectivity index (χ4v) is 1.87. The molecule has 0 unspecified atom stereocenters. The monoisotopic (exact) mass is 294 g/mol. The molecule has 2 heterocycles. The Labute approximate surface area is 109 Å². The highest BCUT2D eigenvalue weighted by molar-refractivity contribution is 7.09. The van der Waals surface area contributed by atoms with Crippen LogP contribution in [0, 0.1) is 0 Å². The molecule has 2 aromatic heterocycles. The van der Waals surface area contributed by atoms with Gasteiger partial charge in [0.05, 0.1) is 16.0 Å². The van der Waals surface area contributed by atoms with Crippen LogP contribution in [0.5, 0.6) is 5.88 Å². The molecule has 0 aliphatic heterocycles. The Balaban J connectivity index is 2.10. The van der Waals surface area contributed by atoms with Crippen molar-refractivity contribution in [1.29, 1.82) is 0 Å². The minimum atomic E-state index is -4.47. The van der Waals surface area contributed by atoms with Gasteiger partial charge in [0.2, 0.25) is 5.88 Å². The number of thiazole rings is 1. The summed E-state index contributed by atoms with van der Waals surface area (Å²) in [6.07, 6.45) is -2.18. The third-order valence-corrected chi connectivity index (χ3v) is 2.99. The highest BCUT2D eigenvalue weighted by Gasteiger charge is 2.31. The van der Waals surface area contributed by atoms with E-state index in [1.807, 2.05) is 0 Å². The van der Waals surface area contributed by atoms with Gasteiger partial charge in [0.1, 0.15) is 11.6 Å². The summed E-state index contributed by atoms with van der Waals surface area (Å²) in [5.41, 5.74) is 0.721. The van der Waals surface area contributed by atoms with Gasteiger partial charge in [0.25, 0.3) is 0 Å². The molecule has 0 radical (unpaired) electrons. The van der Waals surface area contributed by atoms with Crippen molar-refractivity contribution in [1.82, 2.24) is 9.97 Å². The summed E-state index contributed by atoms with van der Waals surface area (Å²) in [7, 11) is 0. The van der Waals surface area contributed by atoms with Gasteiger partial charge < -0.3 is 4.74 Å². The van der Waals surface area contributed by atoms with Gasteiger partial charge in [0.15, 0.2) is 0 Å². The van der Waals surface area contributed by atoms with Crippen LogP contribution < -0.4 is 4.74 Å². The number of hydrogen-bond donors (Lipinski definition) is 0. The maximum atomic E-state index is 12.4. The number of alkyl halides is 3. The molecule has 0 saturated heterocycles. The van der Waals surface area contributed by atoms with E-state index in [0.29, 0.717) is 6.20 Å². The quantitative estimate of drug-likeness (QED) is 0.864. The van der Waals surface area contributed by atoms with Gasteiger partial charge in [0, 0.05) is 12.4 Å². The highest BCUT2D eigenvalue weighted by Crippen LogP contribution is 2.33. The molecule has 2 aromatic rings. The molecule has 0 aromatic carbocycles. The van der Waals surface area contributed by atoms with E-state index in [1.54, 1.807) is 11.7 Å². The molecule has 18 heavy (non-hydrogen) atoms. The lowest BCUT2D eigenvalue weighted by Gasteiger charge is -2.09. The van der Waals surface area contributed by atoms with Crippen molar-refractivity contribution in [3.63, 3.8) is 0 Å². The number of hydrogen-bond acceptors (Lipinski definition) is 4. The third kappa shape index (κ3) is 3.11. The number of aromatic nitrogens is 2. The van der Waals surface area contributed by atoms with Crippen molar-refractivity contribution in [2.75, 3.05) is 0 Å². The van der Waals surface area contributed by atoms with Crippen LogP contribution in [0.15, 0.2) is 24.0 Å². The predicted octanol–water partition coefficient (Wildman–Crippen LogP) is 3.79.